The number of pyridine rings is 1. The summed E-state index contributed by atoms with van der Waals surface area (Å²) >= 11 is 0. The predicted octanol–water partition coefficient (Wildman–Crippen LogP) is 0.429. The highest BCUT2D eigenvalue weighted by Gasteiger charge is 2.66. The number of carbonyl (C=O) groups excluding carboxylic acids is 3. The van der Waals surface area contributed by atoms with Gasteiger partial charge in [-0.15, -0.1) is 0 Å². The van der Waals surface area contributed by atoms with E-state index in [1.807, 2.05) is 0 Å². The fourth-order valence-electron chi connectivity index (χ4n) is 3.95. The van der Waals surface area contributed by atoms with Crippen molar-refractivity contribution in [2.24, 2.45) is 11.1 Å². The SMILES string of the molecule is COC(=O)C1(C#N)C(c2cccnc2)C(C(N)=O)N2C=C(C(C)=O)C=CC21. The Bertz CT molecular complexity index is 902. The molecule has 27 heavy (non-hydrogen) atoms. The number of rotatable bonds is 4. The number of Topliss-reactive ketones (excluding diaryl/α,β-unsaturated/α-hetero) is 1. The van der Waals surface area contributed by atoms with Crippen LogP contribution in [-0.4, -0.2) is 46.7 Å². The van der Waals surface area contributed by atoms with Crippen LogP contribution in [0.2, 0.25) is 0 Å². The second-order valence-corrected chi connectivity index (χ2v) is 6.48. The molecule has 2 N–H and O–H groups in total. The van der Waals surface area contributed by atoms with Crippen LogP contribution in [0, 0.1) is 16.7 Å². The van der Waals surface area contributed by atoms with E-state index in [2.05, 4.69) is 11.1 Å². The summed E-state index contributed by atoms with van der Waals surface area (Å²) in [6, 6.07) is 3.57. The number of allylic oxidation sites excluding steroid dienone is 2. The Morgan fingerprint density at radius 2 is 2.15 bits per heavy atom. The Morgan fingerprint density at radius 1 is 1.41 bits per heavy atom. The lowest BCUT2D eigenvalue weighted by molar-refractivity contribution is -0.150. The van der Waals surface area contributed by atoms with Gasteiger partial charge in [-0.2, -0.15) is 5.26 Å². The second kappa shape index (κ2) is 6.68. The monoisotopic (exact) mass is 366 g/mol. The number of hydrogen-bond acceptors (Lipinski definition) is 7. The Balaban J connectivity index is 2.29. The molecule has 0 spiro atoms. The fourth-order valence-corrected chi connectivity index (χ4v) is 3.95. The molecule has 138 valence electrons. The molecule has 0 saturated carbocycles. The number of nitrogens with two attached hydrogens (primary N) is 1. The molecule has 3 rings (SSSR count). The molecule has 0 radical (unpaired) electrons. The van der Waals surface area contributed by atoms with Gasteiger partial charge in [-0.3, -0.25) is 19.4 Å². The number of nitriles is 1. The van der Waals surface area contributed by atoms with Gasteiger partial charge in [0.15, 0.2) is 11.2 Å². The Hall–Kier alpha value is -3.47. The van der Waals surface area contributed by atoms with Gasteiger partial charge in [0.05, 0.1) is 19.2 Å². The van der Waals surface area contributed by atoms with Gasteiger partial charge in [-0.05, 0) is 18.6 Å². The van der Waals surface area contributed by atoms with Crippen LogP contribution in [0.25, 0.3) is 0 Å². The van der Waals surface area contributed by atoms with Crippen LogP contribution in [0.5, 0.6) is 0 Å². The minimum atomic E-state index is -1.73. The Morgan fingerprint density at radius 3 is 2.67 bits per heavy atom. The van der Waals surface area contributed by atoms with Gasteiger partial charge < -0.3 is 15.4 Å². The van der Waals surface area contributed by atoms with Crippen molar-refractivity contribution >= 4 is 17.7 Å². The molecule has 1 aromatic heterocycles. The third-order valence-corrected chi connectivity index (χ3v) is 5.11. The number of esters is 1. The number of primary amides is 1. The van der Waals surface area contributed by atoms with Crippen LogP contribution in [0.3, 0.4) is 0 Å². The summed E-state index contributed by atoms with van der Waals surface area (Å²) in [6.45, 7) is 1.39. The molecule has 4 atom stereocenters. The number of hydrogen-bond donors (Lipinski definition) is 1. The van der Waals surface area contributed by atoms with E-state index in [1.54, 1.807) is 30.5 Å². The average molecular weight is 366 g/mol. The van der Waals surface area contributed by atoms with Crippen molar-refractivity contribution in [2.45, 2.75) is 24.9 Å². The van der Waals surface area contributed by atoms with Crippen molar-refractivity contribution in [1.82, 2.24) is 9.88 Å². The number of ether oxygens (including phenoxy) is 1. The minimum Gasteiger partial charge on any atom is -0.468 e. The zero-order chi connectivity index (χ0) is 19.8. The Kier molecular flexibility index (Phi) is 4.54. The molecular formula is C19H18N4O4. The zero-order valence-corrected chi connectivity index (χ0v) is 14.8. The van der Waals surface area contributed by atoms with E-state index in [1.165, 1.54) is 31.3 Å². The molecule has 4 unspecified atom stereocenters. The van der Waals surface area contributed by atoms with Crippen LogP contribution in [0.15, 0.2) is 48.5 Å². The largest absolute Gasteiger partial charge is 0.468 e. The first-order chi connectivity index (χ1) is 12.9. The van der Waals surface area contributed by atoms with Crippen molar-refractivity contribution in [3.63, 3.8) is 0 Å². The second-order valence-electron chi connectivity index (χ2n) is 6.48. The van der Waals surface area contributed by atoms with Gasteiger partial charge in [-0.1, -0.05) is 18.2 Å². The minimum absolute atomic E-state index is 0.210. The van der Waals surface area contributed by atoms with Crippen LogP contribution in [-0.2, 0) is 19.1 Å². The molecule has 8 heteroatoms. The summed E-state index contributed by atoms with van der Waals surface area (Å²) < 4.78 is 4.95. The van der Waals surface area contributed by atoms with Crippen molar-refractivity contribution < 1.29 is 19.1 Å². The number of amides is 1. The summed E-state index contributed by atoms with van der Waals surface area (Å²) in [5.41, 5.74) is 4.80. The standard InChI is InChI=1S/C19H18N4O4/c1-11(24)13-5-6-14-19(10-20,18(26)27-2)15(12-4-3-7-22-8-12)16(17(21)25)23(14)9-13/h3-9,14-16H,1-2H3,(H2,21,25). The van der Waals surface area contributed by atoms with E-state index in [0.29, 0.717) is 11.1 Å². The number of aromatic nitrogens is 1. The van der Waals surface area contributed by atoms with Crippen molar-refractivity contribution in [2.75, 3.05) is 7.11 Å². The lowest BCUT2D eigenvalue weighted by atomic mass is 9.69. The smallest absolute Gasteiger partial charge is 0.329 e. The zero-order valence-electron chi connectivity index (χ0n) is 14.8. The van der Waals surface area contributed by atoms with Crippen molar-refractivity contribution in [3.8, 4) is 6.07 Å². The number of carbonyl (C=O) groups is 3. The van der Waals surface area contributed by atoms with Gasteiger partial charge in [0.2, 0.25) is 5.91 Å². The normalized spacial score (nSPS) is 28.7. The maximum absolute atomic E-state index is 12.8. The van der Waals surface area contributed by atoms with E-state index in [4.69, 9.17) is 10.5 Å². The molecule has 0 bridgehead atoms. The van der Waals surface area contributed by atoms with Crippen LogP contribution < -0.4 is 5.73 Å². The number of methoxy groups -OCH3 is 1. The molecule has 1 amide bonds. The quantitative estimate of drug-likeness (QED) is 0.766. The highest BCUT2D eigenvalue weighted by molar-refractivity contribution is 5.97. The van der Waals surface area contributed by atoms with Crippen molar-refractivity contribution in [3.05, 3.63) is 54.0 Å². The van der Waals surface area contributed by atoms with E-state index in [9.17, 15) is 19.6 Å². The van der Waals surface area contributed by atoms with Gasteiger partial charge in [0, 0.05) is 30.1 Å². The molecular weight excluding hydrogens is 348 g/mol. The summed E-state index contributed by atoms with van der Waals surface area (Å²) in [5.74, 6) is -2.62. The molecule has 0 aromatic carbocycles. The number of nitrogens with zero attached hydrogens (tertiary/aromatic N) is 3. The molecule has 8 nitrogen and oxygen atoms in total. The van der Waals surface area contributed by atoms with Crippen molar-refractivity contribution in [1.29, 1.82) is 5.26 Å². The van der Waals surface area contributed by atoms with Gasteiger partial charge >= 0.3 is 5.97 Å². The Labute approximate surface area is 155 Å². The predicted molar refractivity (Wildman–Crippen MR) is 93.6 cm³/mol. The molecule has 1 saturated heterocycles. The molecule has 3 heterocycles. The van der Waals surface area contributed by atoms with E-state index >= 15 is 0 Å². The van der Waals surface area contributed by atoms with Crippen LogP contribution in [0.1, 0.15) is 18.4 Å². The maximum Gasteiger partial charge on any atom is 0.329 e. The molecule has 2 aliphatic heterocycles. The van der Waals surface area contributed by atoms with Crippen LogP contribution in [0.4, 0.5) is 0 Å². The first-order valence-corrected chi connectivity index (χ1v) is 8.25. The number of ketones is 1. The van der Waals surface area contributed by atoms with E-state index in [0.717, 1.165) is 0 Å². The highest BCUT2D eigenvalue weighted by Crippen LogP contribution is 2.53. The first kappa shape index (κ1) is 18.3. The van der Waals surface area contributed by atoms with E-state index in [-0.39, 0.29) is 5.78 Å². The lowest BCUT2D eigenvalue weighted by Gasteiger charge is -2.32. The third-order valence-electron chi connectivity index (χ3n) is 5.11. The summed E-state index contributed by atoms with van der Waals surface area (Å²) in [6.07, 6.45) is 7.64. The highest BCUT2D eigenvalue weighted by atomic mass is 16.5. The summed E-state index contributed by atoms with van der Waals surface area (Å²) in [5, 5.41) is 10.1. The van der Waals surface area contributed by atoms with Gasteiger partial charge in [0.1, 0.15) is 6.04 Å². The molecule has 1 aromatic rings. The number of fused-ring (bicyclic) bond motifs is 1. The van der Waals surface area contributed by atoms with Gasteiger partial charge in [-0.25, -0.2) is 0 Å². The lowest BCUT2D eigenvalue weighted by Crippen LogP contribution is -2.45. The maximum atomic E-state index is 12.8. The molecule has 1 fully saturated rings. The van der Waals surface area contributed by atoms with Crippen LogP contribution >= 0.6 is 0 Å². The first-order valence-electron chi connectivity index (χ1n) is 8.25. The summed E-state index contributed by atoms with van der Waals surface area (Å²) in [4.78, 5) is 42.6. The van der Waals surface area contributed by atoms with E-state index < -0.39 is 35.3 Å². The summed E-state index contributed by atoms with van der Waals surface area (Å²) in [7, 11) is 1.19. The topological polar surface area (TPSA) is 126 Å². The molecule has 2 aliphatic rings. The average Bonchev–Trinajstić information content (AvgIpc) is 2.98. The fraction of sp³-hybridized carbons (Fsp3) is 0.316. The van der Waals surface area contributed by atoms with Gasteiger partial charge in [0.25, 0.3) is 0 Å². The third kappa shape index (κ3) is 2.59. The molecule has 0 aliphatic carbocycles.